The van der Waals surface area contributed by atoms with Gasteiger partial charge in [-0.1, -0.05) is 147 Å². The van der Waals surface area contributed by atoms with E-state index in [9.17, 15) is 0 Å². The minimum atomic E-state index is 0.674. The van der Waals surface area contributed by atoms with Crippen LogP contribution in [0.5, 0.6) is 0 Å². The Balaban J connectivity index is 1.45. The third-order valence-corrected chi connectivity index (χ3v) is 7.79. The van der Waals surface area contributed by atoms with Gasteiger partial charge in [0.25, 0.3) is 5.82 Å². The first-order valence-electron chi connectivity index (χ1n) is 15.5. The lowest BCUT2D eigenvalue weighted by Crippen LogP contribution is -2.37. The van der Waals surface area contributed by atoms with Crippen LogP contribution in [0.25, 0.3) is 0 Å². The highest BCUT2D eigenvalue weighted by Crippen LogP contribution is 2.23. The van der Waals surface area contributed by atoms with Crippen LogP contribution in [0, 0.1) is 0 Å². The minimum absolute atomic E-state index is 0.674. The molecule has 0 aliphatic rings. The van der Waals surface area contributed by atoms with Crippen molar-refractivity contribution < 1.29 is 4.57 Å². The van der Waals surface area contributed by atoms with Crippen molar-refractivity contribution in [1.29, 1.82) is 0 Å². The van der Waals surface area contributed by atoms with Gasteiger partial charge >= 0.3 is 0 Å². The van der Waals surface area contributed by atoms with Gasteiger partial charge in [-0.2, -0.15) is 0 Å². The highest BCUT2D eigenvalue weighted by Gasteiger charge is 2.20. The van der Waals surface area contributed by atoms with Gasteiger partial charge in [-0.25, -0.2) is 9.55 Å². The summed E-state index contributed by atoms with van der Waals surface area (Å²) in [7, 11) is 0. The molecule has 2 heteroatoms. The van der Waals surface area contributed by atoms with E-state index in [0.29, 0.717) is 5.92 Å². The number of nitrogens with one attached hydrogen (secondary N) is 1. The number of aromatic amines is 1. The molecule has 0 unspecified atom stereocenters. The zero-order valence-corrected chi connectivity index (χ0v) is 23.4. The van der Waals surface area contributed by atoms with Crippen LogP contribution in [-0.4, -0.2) is 4.98 Å². The van der Waals surface area contributed by atoms with Gasteiger partial charge in [0.15, 0.2) is 0 Å². The van der Waals surface area contributed by atoms with Crippen LogP contribution in [0.2, 0.25) is 0 Å². The zero-order valence-electron chi connectivity index (χ0n) is 23.4. The number of imidazole rings is 1. The van der Waals surface area contributed by atoms with Crippen LogP contribution >= 0.6 is 0 Å². The summed E-state index contributed by atoms with van der Waals surface area (Å²) >= 11 is 0. The molecule has 2 aromatic rings. The zero-order chi connectivity index (χ0) is 24.8. The summed E-state index contributed by atoms with van der Waals surface area (Å²) in [6.07, 6.45) is 32.4. The number of unbranched alkanes of at least 4 members (excludes halogenated alkanes) is 15. The molecule has 35 heavy (non-hydrogen) atoms. The van der Waals surface area contributed by atoms with Gasteiger partial charge in [0.05, 0.1) is 12.5 Å². The Morgan fingerprint density at radius 1 is 0.657 bits per heavy atom. The molecule has 0 radical (unpaired) electrons. The summed E-state index contributed by atoms with van der Waals surface area (Å²) in [5.41, 5.74) is 1.45. The van der Waals surface area contributed by atoms with Crippen molar-refractivity contribution in [2.45, 2.75) is 155 Å². The van der Waals surface area contributed by atoms with E-state index in [1.807, 2.05) is 0 Å². The second kappa shape index (κ2) is 20.6. The van der Waals surface area contributed by atoms with Gasteiger partial charge < -0.3 is 0 Å². The molecule has 1 aromatic carbocycles. The summed E-state index contributed by atoms with van der Waals surface area (Å²) < 4.78 is 2.48. The topological polar surface area (TPSA) is 19.7 Å². The van der Waals surface area contributed by atoms with E-state index in [-0.39, 0.29) is 0 Å². The summed E-state index contributed by atoms with van der Waals surface area (Å²) in [6.45, 7) is 5.77. The number of nitrogens with zero attached hydrogens (tertiary/aromatic N) is 1. The molecule has 2 rings (SSSR count). The molecule has 0 aliphatic carbocycles. The molecule has 1 heterocycles. The fourth-order valence-electron chi connectivity index (χ4n) is 5.49. The smallest absolute Gasteiger partial charge is 0.247 e. The average Bonchev–Trinajstić information content (AvgIpc) is 3.35. The van der Waals surface area contributed by atoms with Gasteiger partial charge in [-0.3, -0.25) is 0 Å². The predicted octanol–water partition coefficient (Wildman–Crippen LogP) is 10.1. The average molecular weight is 482 g/mol. The molecule has 0 saturated carbocycles. The molecule has 2 nitrogen and oxygen atoms in total. The first kappa shape index (κ1) is 29.7. The first-order chi connectivity index (χ1) is 17.3. The summed E-state index contributed by atoms with van der Waals surface area (Å²) in [5, 5.41) is 0. The van der Waals surface area contributed by atoms with Crippen LogP contribution in [0.3, 0.4) is 0 Å². The predicted molar refractivity (Wildman–Crippen MR) is 153 cm³/mol. The molecule has 0 aliphatic heterocycles. The number of hydrogen-bond donors (Lipinski definition) is 1. The maximum absolute atomic E-state index is 3.57. The molecule has 0 saturated heterocycles. The molecule has 0 fully saturated rings. The van der Waals surface area contributed by atoms with Crippen LogP contribution in [-0.2, 0) is 13.0 Å². The summed E-state index contributed by atoms with van der Waals surface area (Å²) in [5.74, 6) is 2.12. The Morgan fingerprint density at radius 3 is 1.74 bits per heavy atom. The minimum Gasteiger partial charge on any atom is -0.247 e. The monoisotopic (exact) mass is 481 g/mol. The molecule has 0 amide bonds. The number of aryl methyl sites for hydroxylation is 2. The van der Waals surface area contributed by atoms with Crippen LogP contribution in [0.1, 0.15) is 153 Å². The molecular weight excluding hydrogens is 424 g/mol. The van der Waals surface area contributed by atoms with Crippen molar-refractivity contribution in [2.75, 3.05) is 0 Å². The number of benzene rings is 1. The van der Waals surface area contributed by atoms with E-state index < -0.39 is 0 Å². The fraction of sp³-hybridized carbons (Fsp3) is 0.727. The molecule has 1 aromatic heterocycles. The fourth-order valence-corrected chi connectivity index (χ4v) is 5.49. The Morgan fingerprint density at radius 2 is 1.20 bits per heavy atom. The number of rotatable bonds is 23. The molecule has 1 atom stereocenters. The van der Waals surface area contributed by atoms with Gasteiger partial charge in [0.1, 0.15) is 12.4 Å². The molecule has 0 bridgehead atoms. The van der Waals surface area contributed by atoms with Crippen molar-refractivity contribution in [3.63, 3.8) is 0 Å². The quantitative estimate of drug-likeness (QED) is 0.120. The van der Waals surface area contributed by atoms with Crippen LogP contribution < -0.4 is 4.57 Å². The standard InChI is InChI=1S/C33H56N2/c1-3-5-6-7-8-9-10-11-12-13-14-15-16-17-18-22-27-32(4-2)33-34-28-30-35(33)29-23-26-31-24-20-19-21-25-31/h19-21,24-25,28,30,32H,3-18,22-23,26-27,29H2,1-2H3/p+1/t32-/m0/s1. The van der Waals surface area contributed by atoms with Crippen LogP contribution in [0.15, 0.2) is 42.7 Å². The van der Waals surface area contributed by atoms with Gasteiger partial charge in [0, 0.05) is 0 Å². The maximum atomic E-state index is 3.57. The van der Waals surface area contributed by atoms with E-state index in [2.05, 4.69) is 66.1 Å². The van der Waals surface area contributed by atoms with E-state index in [4.69, 9.17) is 0 Å². The largest absolute Gasteiger partial charge is 0.257 e. The summed E-state index contributed by atoms with van der Waals surface area (Å²) in [6, 6.07) is 10.9. The number of hydrogen-bond acceptors (Lipinski definition) is 0. The van der Waals surface area contributed by atoms with Crippen molar-refractivity contribution >= 4 is 0 Å². The second-order valence-electron chi connectivity index (χ2n) is 10.8. The lowest BCUT2D eigenvalue weighted by Gasteiger charge is -2.12. The van der Waals surface area contributed by atoms with Gasteiger partial charge in [-0.15, -0.1) is 0 Å². The second-order valence-corrected chi connectivity index (χ2v) is 10.8. The van der Waals surface area contributed by atoms with E-state index in [0.717, 1.165) is 13.0 Å². The highest BCUT2D eigenvalue weighted by atomic mass is 15.1. The third kappa shape index (κ3) is 13.9. The third-order valence-electron chi connectivity index (χ3n) is 7.79. The maximum Gasteiger partial charge on any atom is 0.257 e. The normalized spacial score (nSPS) is 12.3. The van der Waals surface area contributed by atoms with Crippen LogP contribution in [0.4, 0.5) is 0 Å². The van der Waals surface area contributed by atoms with Crippen molar-refractivity contribution in [1.82, 2.24) is 4.98 Å². The molecule has 198 valence electrons. The lowest BCUT2D eigenvalue weighted by atomic mass is 9.96. The number of aromatic nitrogens is 2. The number of H-pyrrole nitrogens is 1. The van der Waals surface area contributed by atoms with Gasteiger partial charge in [0.2, 0.25) is 0 Å². The highest BCUT2D eigenvalue weighted by molar-refractivity contribution is 5.14. The Kier molecular flexibility index (Phi) is 17.5. The molecule has 0 spiro atoms. The first-order valence-corrected chi connectivity index (χ1v) is 15.5. The van der Waals surface area contributed by atoms with Crippen molar-refractivity contribution in [2.24, 2.45) is 0 Å². The SMILES string of the molecule is CCCCCCCCCCCCCCCCCC[C@H](CC)c1[nH]cc[n+]1CCCc1ccccc1. The van der Waals surface area contributed by atoms with Gasteiger partial charge in [-0.05, 0) is 31.2 Å². The van der Waals surface area contributed by atoms with Crippen molar-refractivity contribution in [3.8, 4) is 0 Å². The Labute approximate surface area is 218 Å². The van der Waals surface area contributed by atoms with Crippen molar-refractivity contribution in [3.05, 3.63) is 54.1 Å². The Hall–Kier alpha value is -1.57. The van der Waals surface area contributed by atoms with E-state index in [1.54, 1.807) is 0 Å². The molecular formula is C33H57N2+. The summed E-state index contributed by atoms with van der Waals surface area (Å²) in [4.78, 5) is 3.57. The molecule has 1 N–H and O–H groups in total. The lowest BCUT2D eigenvalue weighted by molar-refractivity contribution is -0.704. The van der Waals surface area contributed by atoms with E-state index >= 15 is 0 Å². The van der Waals surface area contributed by atoms with E-state index in [1.165, 1.54) is 133 Å². The Bertz CT molecular complexity index is 705.